The number of furan rings is 1. The van der Waals surface area contributed by atoms with Crippen molar-refractivity contribution >= 4 is 50.7 Å². The summed E-state index contributed by atoms with van der Waals surface area (Å²) >= 11 is 9.61. The molecule has 0 bridgehead atoms. The van der Waals surface area contributed by atoms with Crippen molar-refractivity contribution in [3.05, 3.63) is 64.7 Å². The van der Waals surface area contributed by atoms with Crippen LogP contribution in [0.2, 0.25) is 5.02 Å². The molecule has 0 aliphatic carbocycles. The summed E-state index contributed by atoms with van der Waals surface area (Å²) in [5.41, 5.74) is 2.89. The van der Waals surface area contributed by atoms with E-state index in [2.05, 4.69) is 15.5 Å². The van der Waals surface area contributed by atoms with Gasteiger partial charge < -0.3 is 9.73 Å². The van der Waals surface area contributed by atoms with Crippen LogP contribution >= 0.6 is 34.7 Å². The molecular formula is C18H15ClN4OS2. The molecule has 1 N–H and O–H groups in total. The van der Waals surface area contributed by atoms with E-state index in [1.54, 1.807) is 18.0 Å². The number of para-hydroxylation sites is 1. The predicted molar refractivity (Wildman–Crippen MR) is 107 cm³/mol. The summed E-state index contributed by atoms with van der Waals surface area (Å²) in [5, 5.41) is 14.1. The number of anilines is 1. The molecule has 0 aliphatic rings. The molecule has 0 unspecified atom stereocenters. The number of benzene rings is 1. The van der Waals surface area contributed by atoms with Gasteiger partial charge in [-0.3, -0.25) is 4.98 Å². The fourth-order valence-electron chi connectivity index (χ4n) is 2.56. The highest BCUT2D eigenvalue weighted by atomic mass is 35.5. The molecule has 5 nitrogen and oxygen atoms in total. The van der Waals surface area contributed by atoms with Crippen molar-refractivity contribution in [2.45, 2.75) is 23.6 Å². The quantitative estimate of drug-likeness (QED) is 0.427. The van der Waals surface area contributed by atoms with Crippen molar-refractivity contribution in [2.75, 3.05) is 5.32 Å². The van der Waals surface area contributed by atoms with Gasteiger partial charge in [0.25, 0.3) is 0 Å². The van der Waals surface area contributed by atoms with E-state index in [1.165, 1.54) is 11.3 Å². The van der Waals surface area contributed by atoms with Crippen LogP contribution in [0.15, 0.2) is 51.4 Å². The second-order valence-electron chi connectivity index (χ2n) is 5.61. The Kier molecular flexibility index (Phi) is 5.10. The van der Waals surface area contributed by atoms with E-state index in [-0.39, 0.29) is 0 Å². The molecule has 3 heterocycles. The zero-order chi connectivity index (χ0) is 17.9. The SMILES string of the molecule is Cc1c(Cl)c(CSc2nnc(NCc3ccco3)s2)nc2ccccc12. The van der Waals surface area contributed by atoms with Gasteiger partial charge in [-0.15, -0.1) is 10.2 Å². The number of hydrogen-bond donors (Lipinski definition) is 1. The molecule has 0 amide bonds. The maximum absolute atomic E-state index is 6.52. The summed E-state index contributed by atoms with van der Waals surface area (Å²) in [6.45, 7) is 2.62. The van der Waals surface area contributed by atoms with E-state index in [1.807, 2.05) is 43.3 Å². The van der Waals surface area contributed by atoms with Crippen molar-refractivity contribution in [3.8, 4) is 0 Å². The van der Waals surface area contributed by atoms with Crippen LogP contribution in [0.25, 0.3) is 10.9 Å². The predicted octanol–water partition coefficient (Wildman–Crippen LogP) is 5.55. The molecular weight excluding hydrogens is 388 g/mol. The first-order chi connectivity index (χ1) is 12.7. The zero-order valence-corrected chi connectivity index (χ0v) is 16.3. The van der Waals surface area contributed by atoms with Gasteiger partial charge in [0.2, 0.25) is 5.13 Å². The maximum atomic E-state index is 6.52. The molecule has 0 spiro atoms. The van der Waals surface area contributed by atoms with Crippen molar-refractivity contribution in [2.24, 2.45) is 0 Å². The molecule has 0 saturated carbocycles. The zero-order valence-electron chi connectivity index (χ0n) is 13.9. The number of halogens is 1. The van der Waals surface area contributed by atoms with Gasteiger partial charge in [0, 0.05) is 11.1 Å². The van der Waals surface area contributed by atoms with Crippen molar-refractivity contribution in [1.29, 1.82) is 0 Å². The Morgan fingerprint density at radius 3 is 2.92 bits per heavy atom. The number of fused-ring (bicyclic) bond motifs is 1. The Morgan fingerprint density at radius 2 is 2.08 bits per heavy atom. The second-order valence-corrected chi connectivity index (χ2v) is 8.19. The number of thioether (sulfide) groups is 1. The Bertz CT molecular complexity index is 1030. The van der Waals surface area contributed by atoms with E-state index >= 15 is 0 Å². The van der Waals surface area contributed by atoms with Crippen LogP contribution in [0.3, 0.4) is 0 Å². The van der Waals surface area contributed by atoms with Crippen molar-refractivity contribution in [3.63, 3.8) is 0 Å². The summed E-state index contributed by atoms with van der Waals surface area (Å²) in [4.78, 5) is 4.70. The topological polar surface area (TPSA) is 63.8 Å². The van der Waals surface area contributed by atoms with E-state index in [0.29, 0.717) is 12.3 Å². The van der Waals surface area contributed by atoms with Crippen LogP contribution in [-0.2, 0) is 12.3 Å². The van der Waals surface area contributed by atoms with E-state index in [9.17, 15) is 0 Å². The number of aryl methyl sites for hydroxylation is 1. The van der Waals surface area contributed by atoms with Gasteiger partial charge in [-0.05, 0) is 30.7 Å². The molecule has 8 heteroatoms. The molecule has 4 aromatic rings. The Morgan fingerprint density at radius 1 is 1.19 bits per heavy atom. The van der Waals surface area contributed by atoms with Gasteiger partial charge in [0.1, 0.15) is 5.76 Å². The van der Waals surface area contributed by atoms with Crippen LogP contribution < -0.4 is 5.32 Å². The lowest BCUT2D eigenvalue weighted by Crippen LogP contribution is -1.96. The van der Waals surface area contributed by atoms with E-state index in [0.717, 1.165) is 42.4 Å². The molecule has 26 heavy (non-hydrogen) atoms. The standard InChI is InChI=1S/C18H15ClN4OS2/c1-11-13-6-2-3-7-14(13)21-15(16(11)19)10-25-18-23-22-17(26-18)20-9-12-5-4-8-24-12/h2-8H,9-10H2,1H3,(H,20,22). The molecule has 0 fully saturated rings. The molecule has 3 aromatic heterocycles. The molecule has 132 valence electrons. The maximum Gasteiger partial charge on any atom is 0.206 e. The first-order valence-corrected chi connectivity index (χ1v) is 10.1. The van der Waals surface area contributed by atoms with Crippen molar-refractivity contribution in [1.82, 2.24) is 15.2 Å². The highest BCUT2D eigenvalue weighted by Gasteiger charge is 2.12. The number of pyridine rings is 1. The van der Waals surface area contributed by atoms with Gasteiger partial charge in [-0.1, -0.05) is 52.9 Å². The van der Waals surface area contributed by atoms with Gasteiger partial charge in [0.05, 0.1) is 29.0 Å². The van der Waals surface area contributed by atoms with Crippen LogP contribution in [0.4, 0.5) is 5.13 Å². The highest BCUT2D eigenvalue weighted by molar-refractivity contribution is 8.00. The third kappa shape index (κ3) is 3.70. The fraction of sp³-hybridized carbons (Fsp3) is 0.167. The summed E-state index contributed by atoms with van der Waals surface area (Å²) in [6.07, 6.45) is 1.65. The summed E-state index contributed by atoms with van der Waals surface area (Å²) in [5.74, 6) is 1.51. The Hall–Kier alpha value is -2.09. The number of nitrogens with zero attached hydrogens (tertiary/aromatic N) is 3. The number of rotatable bonds is 6. The molecule has 0 saturated heterocycles. The molecule has 0 aliphatic heterocycles. The third-order valence-corrected chi connectivity index (χ3v) is 6.41. The van der Waals surface area contributed by atoms with Gasteiger partial charge in [-0.2, -0.15) is 0 Å². The average molecular weight is 403 g/mol. The average Bonchev–Trinajstić information content (AvgIpc) is 3.33. The fourth-order valence-corrected chi connectivity index (χ4v) is 4.54. The van der Waals surface area contributed by atoms with Crippen molar-refractivity contribution < 1.29 is 4.42 Å². The smallest absolute Gasteiger partial charge is 0.206 e. The summed E-state index contributed by atoms with van der Waals surface area (Å²) in [7, 11) is 0. The van der Waals surface area contributed by atoms with E-state index in [4.69, 9.17) is 21.0 Å². The number of hydrogen-bond acceptors (Lipinski definition) is 7. The summed E-state index contributed by atoms with van der Waals surface area (Å²) < 4.78 is 6.16. The van der Waals surface area contributed by atoms with E-state index < -0.39 is 0 Å². The monoisotopic (exact) mass is 402 g/mol. The van der Waals surface area contributed by atoms with Gasteiger partial charge >= 0.3 is 0 Å². The number of nitrogens with one attached hydrogen (secondary N) is 1. The lowest BCUT2D eigenvalue weighted by molar-refractivity contribution is 0.518. The third-order valence-electron chi connectivity index (χ3n) is 3.88. The molecule has 4 rings (SSSR count). The van der Waals surface area contributed by atoms with Crippen LogP contribution in [-0.4, -0.2) is 15.2 Å². The van der Waals surface area contributed by atoms with Crippen LogP contribution in [0.1, 0.15) is 17.0 Å². The second kappa shape index (κ2) is 7.65. The minimum absolute atomic E-state index is 0.587. The first-order valence-electron chi connectivity index (χ1n) is 7.97. The molecule has 0 radical (unpaired) electrons. The van der Waals surface area contributed by atoms with Crippen LogP contribution in [0.5, 0.6) is 0 Å². The first kappa shape index (κ1) is 17.3. The minimum atomic E-state index is 0.587. The summed E-state index contributed by atoms with van der Waals surface area (Å²) in [6, 6.07) is 11.8. The van der Waals surface area contributed by atoms with Gasteiger partial charge in [0.15, 0.2) is 4.34 Å². The largest absolute Gasteiger partial charge is 0.467 e. The minimum Gasteiger partial charge on any atom is -0.467 e. The lowest BCUT2D eigenvalue weighted by atomic mass is 10.1. The Balaban J connectivity index is 1.44. The normalized spacial score (nSPS) is 11.2. The Labute approximate surface area is 163 Å². The highest BCUT2D eigenvalue weighted by Crippen LogP contribution is 2.33. The molecule has 1 aromatic carbocycles. The van der Waals surface area contributed by atoms with Gasteiger partial charge in [-0.25, -0.2) is 0 Å². The molecule has 0 atom stereocenters. The van der Waals surface area contributed by atoms with Crippen LogP contribution in [0, 0.1) is 6.92 Å². The number of aromatic nitrogens is 3. The lowest BCUT2D eigenvalue weighted by Gasteiger charge is -2.09.